The van der Waals surface area contributed by atoms with Gasteiger partial charge in [0.15, 0.2) is 0 Å². The van der Waals surface area contributed by atoms with Crippen molar-refractivity contribution in [2.75, 3.05) is 0 Å². The summed E-state index contributed by atoms with van der Waals surface area (Å²) in [6, 6.07) is 15.1. The van der Waals surface area contributed by atoms with Crippen LogP contribution in [0.2, 0.25) is 0 Å². The Morgan fingerprint density at radius 2 is 1.80 bits per heavy atom. The first-order valence-corrected chi connectivity index (χ1v) is 7.60. The summed E-state index contributed by atoms with van der Waals surface area (Å²) in [5, 5.41) is -0.114. The summed E-state index contributed by atoms with van der Waals surface area (Å²) in [5.41, 5.74) is 3.38. The van der Waals surface area contributed by atoms with Crippen molar-refractivity contribution in [3.05, 3.63) is 71.0 Å². The highest BCUT2D eigenvalue weighted by molar-refractivity contribution is 6.20. The molecular formula is C18H20ClF. The summed E-state index contributed by atoms with van der Waals surface area (Å²) in [7, 11) is 0. The van der Waals surface area contributed by atoms with Gasteiger partial charge in [0.25, 0.3) is 0 Å². The minimum atomic E-state index is -0.207. The van der Waals surface area contributed by atoms with E-state index < -0.39 is 0 Å². The zero-order chi connectivity index (χ0) is 14.4. The summed E-state index contributed by atoms with van der Waals surface area (Å²) >= 11 is 6.43. The summed E-state index contributed by atoms with van der Waals surface area (Å²) in [5.74, 6) is -0.207. The molecule has 2 aromatic rings. The first kappa shape index (κ1) is 15.1. The van der Waals surface area contributed by atoms with Gasteiger partial charge in [-0.15, -0.1) is 11.6 Å². The Morgan fingerprint density at radius 1 is 1.05 bits per heavy atom. The van der Waals surface area contributed by atoms with Crippen LogP contribution in [0.1, 0.15) is 41.8 Å². The van der Waals surface area contributed by atoms with Gasteiger partial charge in [-0.2, -0.15) is 0 Å². The third-order valence-corrected chi connectivity index (χ3v) is 3.87. The fraction of sp³-hybridized carbons (Fsp3) is 0.333. The highest BCUT2D eigenvalue weighted by atomic mass is 35.5. The molecule has 0 aromatic heterocycles. The lowest BCUT2D eigenvalue weighted by Crippen LogP contribution is -1.97. The van der Waals surface area contributed by atoms with Gasteiger partial charge in [0.05, 0.1) is 5.38 Å². The molecule has 0 radical (unpaired) electrons. The summed E-state index contributed by atoms with van der Waals surface area (Å²) < 4.78 is 13.1. The molecule has 0 spiro atoms. The number of halogens is 2. The normalized spacial score (nSPS) is 12.3. The summed E-state index contributed by atoms with van der Waals surface area (Å²) in [6.45, 7) is 2.20. The molecule has 0 saturated heterocycles. The van der Waals surface area contributed by atoms with E-state index in [1.54, 1.807) is 12.1 Å². The highest BCUT2D eigenvalue weighted by Crippen LogP contribution is 2.25. The van der Waals surface area contributed by atoms with Gasteiger partial charge in [-0.25, -0.2) is 4.39 Å². The Hall–Kier alpha value is -1.34. The van der Waals surface area contributed by atoms with E-state index in [0.29, 0.717) is 6.42 Å². The molecule has 0 aliphatic heterocycles. The molecule has 0 amide bonds. The Bertz CT molecular complexity index is 533. The first-order chi connectivity index (χ1) is 9.69. The van der Waals surface area contributed by atoms with Crippen LogP contribution in [0.3, 0.4) is 0 Å². The van der Waals surface area contributed by atoms with Gasteiger partial charge in [0.2, 0.25) is 0 Å². The van der Waals surface area contributed by atoms with E-state index >= 15 is 0 Å². The maximum absolute atomic E-state index is 13.1. The van der Waals surface area contributed by atoms with Gasteiger partial charge in [-0.1, -0.05) is 49.7 Å². The molecule has 0 fully saturated rings. The van der Waals surface area contributed by atoms with E-state index in [1.165, 1.54) is 24.5 Å². The van der Waals surface area contributed by atoms with Crippen molar-refractivity contribution in [3.8, 4) is 0 Å². The fourth-order valence-electron chi connectivity index (χ4n) is 2.26. The Balaban J connectivity index is 2.00. The van der Waals surface area contributed by atoms with Gasteiger partial charge >= 0.3 is 0 Å². The average molecular weight is 291 g/mol. The largest absolute Gasteiger partial charge is 0.207 e. The van der Waals surface area contributed by atoms with Crippen LogP contribution < -0.4 is 0 Å². The number of rotatable bonds is 6. The third-order valence-electron chi connectivity index (χ3n) is 3.46. The molecule has 106 valence electrons. The van der Waals surface area contributed by atoms with Crippen LogP contribution >= 0.6 is 11.6 Å². The van der Waals surface area contributed by atoms with Crippen molar-refractivity contribution in [2.45, 2.75) is 38.0 Å². The zero-order valence-corrected chi connectivity index (χ0v) is 12.5. The first-order valence-electron chi connectivity index (χ1n) is 7.16. The predicted molar refractivity (Wildman–Crippen MR) is 83.8 cm³/mol. The minimum Gasteiger partial charge on any atom is -0.207 e. The lowest BCUT2D eigenvalue weighted by atomic mass is 10.0. The fourth-order valence-corrected chi connectivity index (χ4v) is 2.59. The molecule has 20 heavy (non-hydrogen) atoms. The molecule has 0 heterocycles. The third kappa shape index (κ3) is 4.35. The second-order valence-corrected chi connectivity index (χ2v) is 5.67. The topological polar surface area (TPSA) is 0 Å². The Kier molecular flexibility index (Phi) is 5.60. The van der Waals surface area contributed by atoms with Crippen molar-refractivity contribution in [2.24, 2.45) is 0 Å². The summed E-state index contributed by atoms with van der Waals surface area (Å²) in [6.07, 6.45) is 4.19. The van der Waals surface area contributed by atoms with Crippen LogP contribution in [-0.4, -0.2) is 0 Å². The van der Waals surface area contributed by atoms with E-state index in [2.05, 4.69) is 31.2 Å². The number of hydrogen-bond acceptors (Lipinski definition) is 0. The predicted octanol–water partition coefficient (Wildman–Crippen LogP) is 5.69. The molecule has 1 unspecified atom stereocenters. The Labute approximate surface area is 125 Å². The van der Waals surface area contributed by atoms with Gasteiger partial charge in [-0.05, 0) is 48.1 Å². The molecule has 0 nitrogen and oxygen atoms in total. The van der Waals surface area contributed by atoms with Gasteiger partial charge < -0.3 is 0 Å². The van der Waals surface area contributed by atoms with Crippen LogP contribution in [-0.2, 0) is 12.8 Å². The second kappa shape index (κ2) is 7.44. The smallest absolute Gasteiger partial charge is 0.123 e. The molecule has 0 saturated carbocycles. The van der Waals surface area contributed by atoms with Crippen LogP contribution in [0.25, 0.3) is 0 Å². The van der Waals surface area contributed by atoms with Crippen LogP contribution in [0.15, 0.2) is 48.5 Å². The standard InChI is InChI=1S/C18H20ClF/c1-2-3-5-14-8-10-16(11-9-14)18(19)13-15-6-4-7-17(20)12-15/h4,6-12,18H,2-3,5,13H2,1H3. The van der Waals surface area contributed by atoms with Crippen molar-refractivity contribution >= 4 is 11.6 Å². The van der Waals surface area contributed by atoms with E-state index in [1.807, 2.05) is 6.07 Å². The van der Waals surface area contributed by atoms with E-state index in [0.717, 1.165) is 17.5 Å². The van der Waals surface area contributed by atoms with E-state index in [9.17, 15) is 4.39 Å². The van der Waals surface area contributed by atoms with E-state index in [4.69, 9.17) is 11.6 Å². The molecule has 0 N–H and O–H groups in total. The second-order valence-electron chi connectivity index (χ2n) is 5.15. The molecule has 1 atom stereocenters. The van der Waals surface area contributed by atoms with E-state index in [-0.39, 0.29) is 11.2 Å². The van der Waals surface area contributed by atoms with Gasteiger partial charge in [0, 0.05) is 0 Å². The van der Waals surface area contributed by atoms with Gasteiger partial charge in [0.1, 0.15) is 5.82 Å². The monoisotopic (exact) mass is 290 g/mol. The maximum atomic E-state index is 13.1. The number of alkyl halides is 1. The highest BCUT2D eigenvalue weighted by Gasteiger charge is 2.09. The lowest BCUT2D eigenvalue weighted by Gasteiger charge is -2.11. The molecular weight excluding hydrogens is 271 g/mol. The number of unbranched alkanes of at least 4 members (excludes halogenated alkanes) is 1. The number of aryl methyl sites for hydroxylation is 1. The van der Waals surface area contributed by atoms with Crippen LogP contribution in [0.5, 0.6) is 0 Å². The molecule has 2 heteroatoms. The van der Waals surface area contributed by atoms with Gasteiger partial charge in [-0.3, -0.25) is 0 Å². The van der Waals surface area contributed by atoms with Crippen molar-refractivity contribution in [1.29, 1.82) is 0 Å². The zero-order valence-electron chi connectivity index (χ0n) is 11.8. The molecule has 0 aliphatic carbocycles. The van der Waals surface area contributed by atoms with Crippen molar-refractivity contribution < 1.29 is 4.39 Å². The number of benzene rings is 2. The molecule has 0 bridgehead atoms. The summed E-state index contributed by atoms with van der Waals surface area (Å²) in [4.78, 5) is 0. The Morgan fingerprint density at radius 3 is 2.45 bits per heavy atom. The average Bonchev–Trinajstić information content (AvgIpc) is 2.45. The molecule has 2 aromatic carbocycles. The quantitative estimate of drug-likeness (QED) is 0.599. The van der Waals surface area contributed by atoms with Crippen LogP contribution in [0.4, 0.5) is 4.39 Å². The molecule has 0 aliphatic rings. The maximum Gasteiger partial charge on any atom is 0.123 e. The minimum absolute atomic E-state index is 0.114. The van der Waals surface area contributed by atoms with Crippen LogP contribution in [0, 0.1) is 5.82 Å². The molecule has 2 rings (SSSR count). The number of hydrogen-bond donors (Lipinski definition) is 0. The lowest BCUT2D eigenvalue weighted by molar-refractivity contribution is 0.625. The van der Waals surface area contributed by atoms with Crippen molar-refractivity contribution in [1.82, 2.24) is 0 Å². The van der Waals surface area contributed by atoms with Crippen molar-refractivity contribution in [3.63, 3.8) is 0 Å². The SMILES string of the molecule is CCCCc1ccc(C(Cl)Cc2cccc(F)c2)cc1.